The Labute approximate surface area is 194 Å². The Morgan fingerprint density at radius 3 is 2.18 bits per heavy atom. The lowest BCUT2D eigenvalue weighted by atomic mass is 10.0. The number of nitrogens with two attached hydrogens (primary N) is 1. The maximum absolute atomic E-state index is 13.3. The number of hydrogen-bond acceptors (Lipinski definition) is 4. The molecule has 2 aromatic carbocycles. The van der Waals surface area contributed by atoms with Crippen molar-refractivity contribution in [2.75, 3.05) is 15.5 Å². The average Bonchev–Trinajstić information content (AvgIpc) is 2.93. The summed E-state index contributed by atoms with van der Waals surface area (Å²) in [6, 6.07) is 11.4. The highest BCUT2D eigenvalue weighted by atomic mass is 32.1. The highest BCUT2D eigenvalue weighted by Crippen LogP contribution is 2.41. The maximum Gasteiger partial charge on any atom is 0.407 e. The van der Waals surface area contributed by atoms with E-state index >= 15 is 0 Å². The van der Waals surface area contributed by atoms with E-state index in [0.717, 1.165) is 17.0 Å². The zero-order chi connectivity index (χ0) is 25.0. The minimum atomic E-state index is -4.73. The smallest absolute Gasteiger partial charge is 0.399 e. The first kappa shape index (κ1) is 25.2. The molecule has 6 nitrogen and oxygen atoms in total. The van der Waals surface area contributed by atoms with Gasteiger partial charge in [0.25, 0.3) is 5.91 Å². The highest BCUT2D eigenvalue weighted by molar-refractivity contribution is 7.81. The van der Waals surface area contributed by atoms with Gasteiger partial charge in [-0.05, 0) is 69.4 Å². The molecule has 0 unspecified atom stereocenters. The molecule has 10 heteroatoms. The van der Waals surface area contributed by atoms with Crippen molar-refractivity contribution in [2.24, 2.45) is 0 Å². The summed E-state index contributed by atoms with van der Waals surface area (Å²) in [6.45, 7) is 11.8. The zero-order valence-electron chi connectivity index (χ0n) is 17.9. The van der Waals surface area contributed by atoms with Crippen molar-refractivity contribution in [1.82, 2.24) is 0 Å². The molecule has 2 aromatic rings. The standard InChI is InChI=1S/C19H15F3N4OS.C4H3N/c1-18(2)16(27)25(17(28)26(18)12-6-4-11(23)5-7-12)13-8-9-15(24-3)14(10-13)19(20,21)22;1-2-3-4-5/h4-10H,23H2,1-2H3;1H3. The number of amides is 1. The molecule has 0 radical (unpaired) electrons. The number of nitrogen functional groups attached to an aromatic ring is 1. The van der Waals surface area contributed by atoms with Crippen LogP contribution in [-0.2, 0) is 11.0 Å². The summed E-state index contributed by atoms with van der Waals surface area (Å²) >= 11 is 5.44. The van der Waals surface area contributed by atoms with Gasteiger partial charge in [0.15, 0.2) is 16.9 Å². The number of nitrogens with zero attached hydrogens (tertiary/aromatic N) is 4. The monoisotopic (exact) mass is 469 g/mol. The van der Waals surface area contributed by atoms with E-state index in [4.69, 9.17) is 29.8 Å². The Morgan fingerprint density at radius 1 is 1.15 bits per heavy atom. The minimum absolute atomic E-state index is 0.0410. The number of benzene rings is 2. The molecular weight excluding hydrogens is 451 g/mol. The fourth-order valence-corrected chi connectivity index (χ4v) is 3.65. The van der Waals surface area contributed by atoms with Crippen LogP contribution in [0.5, 0.6) is 0 Å². The van der Waals surface area contributed by atoms with Crippen LogP contribution in [-0.4, -0.2) is 16.6 Å². The first-order valence-corrected chi connectivity index (χ1v) is 9.74. The number of thiocarbonyl (C=S) groups is 1. The summed E-state index contributed by atoms with van der Waals surface area (Å²) in [5.74, 6) is 4.10. The maximum atomic E-state index is 13.3. The van der Waals surface area contributed by atoms with Gasteiger partial charge >= 0.3 is 6.18 Å². The second-order valence-corrected chi connectivity index (χ2v) is 7.57. The van der Waals surface area contributed by atoms with E-state index < -0.39 is 28.9 Å². The molecule has 0 bridgehead atoms. The van der Waals surface area contributed by atoms with E-state index in [2.05, 4.69) is 16.7 Å². The van der Waals surface area contributed by atoms with Crippen molar-refractivity contribution in [2.45, 2.75) is 32.5 Å². The molecule has 1 saturated heterocycles. The molecule has 0 atom stereocenters. The number of hydrogen-bond donors (Lipinski definition) is 1. The van der Waals surface area contributed by atoms with Gasteiger partial charge in [0.1, 0.15) is 5.54 Å². The Hall–Kier alpha value is -4.07. The second-order valence-electron chi connectivity index (χ2n) is 7.21. The molecule has 0 spiro atoms. The van der Waals surface area contributed by atoms with Gasteiger partial charge in [-0.3, -0.25) is 9.69 Å². The van der Waals surface area contributed by atoms with Crippen LogP contribution in [0.1, 0.15) is 26.3 Å². The molecule has 1 fully saturated rings. The molecule has 1 aliphatic rings. The lowest BCUT2D eigenvalue weighted by Gasteiger charge is -2.29. The van der Waals surface area contributed by atoms with Gasteiger partial charge in [-0.1, -0.05) is 12.0 Å². The van der Waals surface area contributed by atoms with Crippen LogP contribution in [0.15, 0.2) is 42.5 Å². The van der Waals surface area contributed by atoms with Crippen LogP contribution in [0, 0.1) is 29.7 Å². The van der Waals surface area contributed by atoms with Crippen LogP contribution in [0.3, 0.4) is 0 Å². The van der Waals surface area contributed by atoms with E-state index in [0.29, 0.717) is 11.4 Å². The number of rotatable bonds is 2. The van der Waals surface area contributed by atoms with Crippen molar-refractivity contribution in [1.29, 1.82) is 5.26 Å². The molecule has 0 aliphatic carbocycles. The van der Waals surface area contributed by atoms with Crippen molar-refractivity contribution in [3.63, 3.8) is 0 Å². The summed E-state index contributed by atoms with van der Waals surface area (Å²) < 4.78 is 40.0. The summed E-state index contributed by atoms with van der Waals surface area (Å²) in [6.07, 6.45) is -4.73. The van der Waals surface area contributed by atoms with Crippen LogP contribution in [0.2, 0.25) is 0 Å². The third-order valence-corrected chi connectivity index (χ3v) is 5.03. The summed E-state index contributed by atoms with van der Waals surface area (Å²) in [4.78, 5) is 18.6. The van der Waals surface area contributed by atoms with E-state index in [1.165, 1.54) is 6.07 Å². The lowest BCUT2D eigenvalue weighted by molar-refractivity contribution is -0.136. The van der Waals surface area contributed by atoms with Crippen LogP contribution in [0.25, 0.3) is 4.85 Å². The van der Waals surface area contributed by atoms with Crippen molar-refractivity contribution in [3.8, 4) is 17.9 Å². The summed E-state index contributed by atoms with van der Waals surface area (Å²) in [5.41, 5.74) is 4.01. The Balaban J connectivity index is 0.000000696. The average molecular weight is 469 g/mol. The lowest BCUT2D eigenvalue weighted by Crippen LogP contribution is -2.44. The van der Waals surface area contributed by atoms with E-state index in [-0.39, 0.29) is 10.8 Å². The number of halogens is 3. The van der Waals surface area contributed by atoms with Crippen LogP contribution < -0.4 is 15.5 Å². The van der Waals surface area contributed by atoms with Gasteiger partial charge in [0, 0.05) is 23.0 Å². The molecule has 2 N–H and O–H groups in total. The molecule has 3 rings (SSSR count). The number of nitriles is 1. The fraction of sp³-hybridized carbons (Fsp3) is 0.217. The number of anilines is 3. The van der Waals surface area contributed by atoms with E-state index in [9.17, 15) is 18.0 Å². The molecule has 1 heterocycles. The van der Waals surface area contributed by atoms with E-state index in [1.807, 2.05) is 0 Å². The number of carbonyl (C=O) groups is 1. The van der Waals surface area contributed by atoms with Crippen molar-refractivity contribution in [3.05, 3.63) is 59.4 Å². The third kappa shape index (κ3) is 5.06. The Bertz CT molecular complexity index is 1230. The first-order chi connectivity index (χ1) is 15.4. The Morgan fingerprint density at radius 2 is 1.73 bits per heavy atom. The molecule has 0 saturated carbocycles. The topological polar surface area (TPSA) is 77.7 Å². The van der Waals surface area contributed by atoms with Gasteiger partial charge in [-0.25, -0.2) is 4.85 Å². The quantitative estimate of drug-likeness (QED) is 0.280. The molecular formula is C23H18F3N5OS. The predicted molar refractivity (Wildman–Crippen MR) is 124 cm³/mol. The summed E-state index contributed by atoms with van der Waals surface area (Å²) in [5, 5.41) is 7.69. The second kappa shape index (κ2) is 9.60. The molecule has 168 valence electrons. The third-order valence-electron chi connectivity index (χ3n) is 4.66. The van der Waals surface area contributed by atoms with Crippen molar-refractivity contribution >= 4 is 46.0 Å². The minimum Gasteiger partial charge on any atom is -0.399 e. The summed E-state index contributed by atoms with van der Waals surface area (Å²) in [7, 11) is 0. The van der Waals surface area contributed by atoms with Crippen LogP contribution >= 0.6 is 12.2 Å². The fourth-order valence-electron chi connectivity index (χ4n) is 3.12. The van der Waals surface area contributed by atoms with Gasteiger partial charge in [0.2, 0.25) is 0 Å². The zero-order valence-corrected chi connectivity index (χ0v) is 18.7. The van der Waals surface area contributed by atoms with Gasteiger partial charge in [-0.15, -0.1) is 0 Å². The van der Waals surface area contributed by atoms with E-state index in [1.54, 1.807) is 56.0 Å². The Kier molecular flexibility index (Phi) is 7.33. The van der Waals surface area contributed by atoms with Gasteiger partial charge < -0.3 is 10.6 Å². The SMILES string of the molecule is CC#CC#N.[C-]#[N+]c1ccc(N2C(=O)C(C)(C)N(c3ccc(N)cc3)C2=S)cc1C(F)(F)F. The largest absolute Gasteiger partial charge is 0.407 e. The number of alkyl halides is 3. The van der Waals surface area contributed by atoms with Crippen molar-refractivity contribution < 1.29 is 18.0 Å². The molecule has 33 heavy (non-hydrogen) atoms. The highest BCUT2D eigenvalue weighted by Gasteiger charge is 2.50. The number of carbonyl (C=O) groups excluding carboxylic acids is 1. The molecule has 0 aromatic heterocycles. The molecule has 1 amide bonds. The first-order valence-electron chi connectivity index (χ1n) is 9.34. The predicted octanol–water partition coefficient (Wildman–Crippen LogP) is 5.29. The molecule has 1 aliphatic heterocycles. The van der Waals surface area contributed by atoms with Gasteiger partial charge in [0.05, 0.1) is 12.1 Å². The normalized spacial score (nSPS) is 14.4. The van der Waals surface area contributed by atoms with Gasteiger partial charge in [-0.2, -0.15) is 18.4 Å². The van der Waals surface area contributed by atoms with Crippen LogP contribution in [0.4, 0.5) is 35.9 Å².